The normalized spacial score (nSPS) is 9.29. The van der Waals surface area contributed by atoms with Crippen LogP contribution in [0.15, 0.2) is 0 Å². The summed E-state index contributed by atoms with van der Waals surface area (Å²) < 4.78 is 38.8. The van der Waals surface area contributed by atoms with Crippen LogP contribution in [0.1, 0.15) is 0 Å². The van der Waals surface area contributed by atoms with Gasteiger partial charge in [0.15, 0.2) is 0 Å². The van der Waals surface area contributed by atoms with Gasteiger partial charge in [-0.05, 0) is 0 Å². The lowest BCUT2D eigenvalue weighted by molar-refractivity contribution is -0.237. The highest BCUT2D eigenvalue weighted by Crippen LogP contribution is 2.13. The summed E-state index contributed by atoms with van der Waals surface area (Å²) in [5.41, 5.74) is 0. The van der Waals surface area contributed by atoms with Gasteiger partial charge in [-0.1, -0.05) is 0 Å². The van der Waals surface area contributed by atoms with Crippen LogP contribution < -0.4 is 0 Å². The van der Waals surface area contributed by atoms with Crippen molar-refractivity contribution in [2.24, 2.45) is 0 Å². The summed E-state index contributed by atoms with van der Waals surface area (Å²) in [5.74, 6) is 0. The lowest BCUT2D eigenvalue weighted by Gasteiger charge is -1.82. The highest BCUT2D eigenvalue weighted by molar-refractivity contribution is 6.80. The minimum Gasteiger partial charge on any atom is -0.214 e. The van der Waals surface area contributed by atoms with Crippen LogP contribution in [0.4, 0.5) is 17.6 Å². The minimum atomic E-state index is -5.50. The minimum absolute atomic E-state index is 3.97. The maximum atomic E-state index is 9.69. The molecule has 0 saturated heterocycles. The first kappa shape index (κ1) is 10.1. The Morgan fingerprint density at radius 1 is 1.00 bits per heavy atom. The number of halogens is 5. The zero-order valence-electron chi connectivity index (χ0n) is 2.97. The summed E-state index contributed by atoms with van der Waals surface area (Å²) in [6, 6.07) is 0. The van der Waals surface area contributed by atoms with Gasteiger partial charge in [0.25, 0.3) is 0 Å². The van der Waals surface area contributed by atoms with Crippen LogP contribution in [-0.2, 0) is 0 Å². The van der Waals surface area contributed by atoms with E-state index < -0.39 is 6.43 Å². The SMILES string of the molecule is FC(F)(F)F.[B]Cl. The van der Waals surface area contributed by atoms with Crippen LogP contribution in [0.25, 0.3) is 0 Å². The summed E-state index contributed by atoms with van der Waals surface area (Å²) >= 11 is 4.14. The van der Waals surface area contributed by atoms with Crippen molar-refractivity contribution in [3.05, 3.63) is 0 Å². The summed E-state index contributed by atoms with van der Waals surface area (Å²) in [6.45, 7) is 0. The van der Waals surface area contributed by atoms with Crippen molar-refractivity contribution in [1.82, 2.24) is 0 Å². The molecule has 0 atom stereocenters. The van der Waals surface area contributed by atoms with Gasteiger partial charge < -0.3 is 0 Å². The van der Waals surface area contributed by atoms with E-state index in [1.54, 1.807) is 0 Å². The zero-order valence-corrected chi connectivity index (χ0v) is 3.72. The van der Waals surface area contributed by atoms with Gasteiger partial charge in [-0.3, -0.25) is 0 Å². The van der Waals surface area contributed by atoms with Crippen molar-refractivity contribution in [2.45, 2.75) is 6.43 Å². The monoisotopic (exact) mass is 134 g/mol. The Bertz CT molecular complexity index is 27.2. The van der Waals surface area contributed by atoms with Gasteiger partial charge in [0.05, 0.1) is 0 Å². The fraction of sp³-hybridized carbons (Fsp3) is 1.00. The summed E-state index contributed by atoms with van der Waals surface area (Å²) in [7, 11) is 3.97. The second kappa shape index (κ2) is 4.24. The molecule has 0 fully saturated rings. The van der Waals surface area contributed by atoms with E-state index in [0.29, 0.717) is 0 Å². The second-order valence-corrected chi connectivity index (χ2v) is 0.429. The third kappa shape index (κ3) is 18000. The van der Waals surface area contributed by atoms with Crippen molar-refractivity contribution in [1.29, 1.82) is 0 Å². The smallest absolute Gasteiger partial charge is 0.214 e. The van der Waals surface area contributed by atoms with E-state index >= 15 is 0 Å². The molecule has 2 radical (unpaired) electrons. The molecule has 0 amide bonds. The quantitative estimate of drug-likeness (QED) is 0.350. The van der Waals surface area contributed by atoms with Gasteiger partial charge in [0, 0.05) is 0 Å². The number of hydrogen-bond acceptors (Lipinski definition) is 0. The average molecular weight is 134 g/mol. The molecule has 0 N–H and O–H groups in total. The Balaban J connectivity index is 0. The van der Waals surface area contributed by atoms with Crippen molar-refractivity contribution in [2.75, 3.05) is 0 Å². The van der Waals surface area contributed by atoms with Gasteiger partial charge in [0.2, 0.25) is 7.26 Å². The molecule has 0 saturated carbocycles. The van der Waals surface area contributed by atoms with Crippen molar-refractivity contribution < 1.29 is 17.6 Å². The summed E-state index contributed by atoms with van der Waals surface area (Å²) in [4.78, 5) is 0. The van der Waals surface area contributed by atoms with Crippen molar-refractivity contribution in [3.63, 3.8) is 0 Å². The van der Waals surface area contributed by atoms with E-state index in [1.807, 2.05) is 0 Å². The van der Waals surface area contributed by atoms with Crippen LogP contribution in [-0.4, -0.2) is 13.7 Å². The molecule has 0 aliphatic rings. The van der Waals surface area contributed by atoms with E-state index in [1.165, 1.54) is 0 Å². The molecule has 0 nitrogen and oxygen atoms in total. The lowest BCUT2D eigenvalue weighted by atomic mass is 10.8. The summed E-state index contributed by atoms with van der Waals surface area (Å²) in [5, 5.41) is 0. The van der Waals surface area contributed by atoms with E-state index in [4.69, 9.17) is 0 Å². The molecule has 0 heterocycles. The average Bonchev–Trinajstić information content (AvgIpc) is 1.36. The van der Waals surface area contributed by atoms with Crippen LogP contribution in [0.3, 0.4) is 0 Å². The van der Waals surface area contributed by atoms with Gasteiger partial charge in [-0.15, -0.1) is 17.6 Å². The predicted octanol–water partition coefficient (Wildman–Crippen LogP) is 1.78. The third-order valence-corrected chi connectivity index (χ3v) is 0. The topological polar surface area (TPSA) is 0 Å². The molecule has 0 unspecified atom stereocenters. The molecule has 7 heavy (non-hydrogen) atoms. The summed E-state index contributed by atoms with van der Waals surface area (Å²) in [6.07, 6.45) is -5.50. The Kier molecular flexibility index (Phi) is 6.14. The molecule has 0 aliphatic heterocycles. The lowest BCUT2D eigenvalue weighted by Crippen LogP contribution is -1.92. The Morgan fingerprint density at radius 2 is 1.00 bits per heavy atom. The molecular formula is CBClF4. The van der Waals surface area contributed by atoms with Crippen molar-refractivity contribution >= 4 is 18.7 Å². The Morgan fingerprint density at radius 3 is 1.00 bits per heavy atom. The number of hydrogen-bond donors (Lipinski definition) is 0. The van der Waals surface area contributed by atoms with E-state index in [9.17, 15) is 17.6 Å². The van der Waals surface area contributed by atoms with Gasteiger partial charge >= 0.3 is 6.43 Å². The first-order chi connectivity index (χ1) is 3.00. The molecule has 0 bridgehead atoms. The van der Waals surface area contributed by atoms with Gasteiger partial charge in [-0.25, -0.2) is 11.5 Å². The maximum Gasteiger partial charge on any atom is 0.559 e. The van der Waals surface area contributed by atoms with Crippen LogP contribution in [0.2, 0.25) is 0 Å². The molecule has 6 heteroatoms. The zero-order chi connectivity index (χ0) is 6.50. The van der Waals surface area contributed by atoms with Gasteiger partial charge in [0.1, 0.15) is 0 Å². The molecule has 0 aromatic heterocycles. The van der Waals surface area contributed by atoms with E-state index in [2.05, 4.69) is 18.7 Å². The van der Waals surface area contributed by atoms with E-state index in [0.717, 1.165) is 0 Å². The maximum absolute atomic E-state index is 9.69. The fourth-order valence-corrected chi connectivity index (χ4v) is 0. The van der Waals surface area contributed by atoms with Crippen molar-refractivity contribution in [3.8, 4) is 0 Å². The first-order valence-corrected chi connectivity index (χ1v) is 1.41. The Labute approximate surface area is 43.8 Å². The molecule has 0 spiro atoms. The van der Waals surface area contributed by atoms with Crippen LogP contribution >= 0.6 is 11.5 Å². The first-order valence-electron chi connectivity index (χ1n) is 0.974. The van der Waals surface area contributed by atoms with Crippen LogP contribution in [0.5, 0.6) is 0 Å². The molecule has 0 rings (SSSR count). The molecule has 42 valence electrons. The fourth-order valence-electron chi connectivity index (χ4n) is 0. The number of rotatable bonds is 0. The molecule has 0 aliphatic carbocycles. The third-order valence-electron chi connectivity index (χ3n) is 0. The molecule has 0 aromatic rings. The number of alkyl halides is 4. The standard InChI is InChI=1S/CF4.BCl/c2-1(3,4)5;1-2. The van der Waals surface area contributed by atoms with E-state index in [-0.39, 0.29) is 0 Å². The highest BCUT2D eigenvalue weighted by Gasteiger charge is 2.24. The second-order valence-electron chi connectivity index (χ2n) is 0.429. The Hall–Kier alpha value is 0.0749. The predicted molar refractivity (Wildman–Crippen MR) is 18.8 cm³/mol. The molecule has 0 aromatic carbocycles. The largest absolute Gasteiger partial charge is 0.559 e. The van der Waals surface area contributed by atoms with Gasteiger partial charge in [-0.2, -0.15) is 0 Å². The molecular weight excluding hydrogens is 134 g/mol. The van der Waals surface area contributed by atoms with Crippen LogP contribution in [0, 0.1) is 0 Å². The highest BCUT2D eigenvalue weighted by atomic mass is 35.5.